The Kier molecular flexibility index (Phi) is 2.80. The van der Waals surface area contributed by atoms with Crippen molar-refractivity contribution in [3.05, 3.63) is 44.8 Å². The summed E-state index contributed by atoms with van der Waals surface area (Å²) >= 11 is 0. The van der Waals surface area contributed by atoms with Crippen molar-refractivity contribution in [1.82, 2.24) is 0 Å². The molecule has 1 aromatic carbocycles. The summed E-state index contributed by atoms with van der Waals surface area (Å²) in [6.07, 6.45) is 0. The fraction of sp³-hybridized carbons (Fsp3) is 0.0909. The SMILES string of the molecule is CC(=O)Nc1cc2cc([N+](=O)[O-])ccc2oc1=O. The number of nitro benzene ring substituents is 1. The van der Waals surface area contributed by atoms with Crippen molar-refractivity contribution in [2.45, 2.75) is 6.92 Å². The molecule has 0 unspecified atom stereocenters. The van der Waals surface area contributed by atoms with Crippen molar-refractivity contribution in [3.8, 4) is 0 Å². The van der Waals surface area contributed by atoms with Gasteiger partial charge in [-0.3, -0.25) is 14.9 Å². The average molecular weight is 248 g/mol. The van der Waals surface area contributed by atoms with E-state index < -0.39 is 16.5 Å². The number of benzene rings is 1. The molecule has 0 fully saturated rings. The van der Waals surface area contributed by atoms with Gasteiger partial charge in [0.1, 0.15) is 11.3 Å². The van der Waals surface area contributed by atoms with Gasteiger partial charge in [0, 0.05) is 24.4 Å². The van der Waals surface area contributed by atoms with E-state index in [4.69, 9.17) is 4.42 Å². The van der Waals surface area contributed by atoms with Gasteiger partial charge in [0.15, 0.2) is 0 Å². The van der Waals surface area contributed by atoms with Crippen molar-refractivity contribution in [3.63, 3.8) is 0 Å². The van der Waals surface area contributed by atoms with Gasteiger partial charge in [0.05, 0.1) is 4.92 Å². The molecule has 1 heterocycles. The van der Waals surface area contributed by atoms with Crippen LogP contribution < -0.4 is 10.9 Å². The van der Waals surface area contributed by atoms with Gasteiger partial charge < -0.3 is 9.73 Å². The molecule has 2 aromatic rings. The molecule has 0 atom stereocenters. The number of nitrogens with one attached hydrogen (secondary N) is 1. The topological polar surface area (TPSA) is 102 Å². The van der Waals surface area contributed by atoms with Gasteiger partial charge in [-0.1, -0.05) is 0 Å². The van der Waals surface area contributed by atoms with Gasteiger partial charge in [-0.25, -0.2) is 4.79 Å². The predicted octanol–water partition coefficient (Wildman–Crippen LogP) is 1.66. The van der Waals surface area contributed by atoms with E-state index in [2.05, 4.69) is 5.32 Å². The minimum atomic E-state index is -0.702. The van der Waals surface area contributed by atoms with Crippen molar-refractivity contribution >= 4 is 28.3 Å². The monoisotopic (exact) mass is 248 g/mol. The van der Waals surface area contributed by atoms with Crippen LogP contribution in [-0.4, -0.2) is 10.8 Å². The van der Waals surface area contributed by atoms with E-state index in [1.165, 1.54) is 31.2 Å². The van der Waals surface area contributed by atoms with E-state index in [-0.39, 0.29) is 17.0 Å². The highest BCUT2D eigenvalue weighted by Gasteiger charge is 2.10. The van der Waals surface area contributed by atoms with Gasteiger partial charge in [-0.15, -0.1) is 0 Å². The molecule has 92 valence electrons. The largest absolute Gasteiger partial charge is 0.421 e. The molecule has 0 radical (unpaired) electrons. The summed E-state index contributed by atoms with van der Waals surface area (Å²) in [6, 6.07) is 5.19. The molecule has 1 N–H and O–H groups in total. The zero-order valence-corrected chi connectivity index (χ0v) is 9.30. The van der Waals surface area contributed by atoms with Gasteiger partial charge in [-0.2, -0.15) is 0 Å². The highest BCUT2D eigenvalue weighted by molar-refractivity contribution is 5.91. The normalized spacial score (nSPS) is 10.3. The van der Waals surface area contributed by atoms with E-state index in [1.807, 2.05) is 0 Å². The first-order valence-corrected chi connectivity index (χ1v) is 4.97. The van der Waals surface area contributed by atoms with E-state index in [0.717, 1.165) is 0 Å². The summed E-state index contributed by atoms with van der Waals surface area (Å²) in [7, 11) is 0. The summed E-state index contributed by atoms with van der Waals surface area (Å²) in [5, 5.41) is 13.3. The van der Waals surface area contributed by atoms with Crippen LogP contribution in [0.2, 0.25) is 0 Å². The molecule has 0 aliphatic rings. The van der Waals surface area contributed by atoms with Crippen molar-refractivity contribution in [2.75, 3.05) is 5.32 Å². The molecular weight excluding hydrogens is 240 g/mol. The van der Waals surface area contributed by atoms with Crippen LogP contribution in [0.5, 0.6) is 0 Å². The molecule has 1 aromatic heterocycles. The van der Waals surface area contributed by atoms with E-state index in [9.17, 15) is 19.7 Å². The second-order valence-corrected chi connectivity index (χ2v) is 3.61. The number of nitrogens with zero attached hydrogens (tertiary/aromatic N) is 1. The van der Waals surface area contributed by atoms with Crippen LogP contribution >= 0.6 is 0 Å². The van der Waals surface area contributed by atoms with Crippen LogP contribution in [0.1, 0.15) is 6.92 Å². The van der Waals surface area contributed by atoms with Crippen LogP contribution in [0, 0.1) is 10.1 Å². The molecule has 7 nitrogen and oxygen atoms in total. The number of non-ortho nitro benzene ring substituents is 1. The Hall–Kier alpha value is -2.70. The second-order valence-electron chi connectivity index (χ2n) is 3.61. The van der Waals surface area contributed by atoms with Crippen molar-refractivity contribution < 1.29 is 14.1 Å². The zero-order valence-electron chi connectivity index (χ0n) is 9.30. The lowest BCUT2D eigenvalue weighted by molar-refractivity contribution is -0.384. The Morgan fingerprint density at radius 2 is 2.11 bits per heavy atom. The van der Waals surface area contributed by atoms with Crippen LogP contribution in [0.3, 0.4) is 0 Å². The number of fused-ring (bicyclic) bond motifs is 1. The Morgan fingerprint density at radius 1 is 1.39 bits per heavy atom. The molecule has 7 heteroatoms. The van der Waals surface area contributed by atoms with E-state index in [0.29, 0.717) is 5.39 Å². The molecule has 0 aliphatic heterocycles. The maximum Gasteiger partial charge on any atom is 0.360 e. The summed E-state index contributed by atoms with van der Waals surface area (Å²) in [5.41, 5.74) is -0.646. The molecule has 0 spiro atoms. The summed E-state index contributed by atoms with van der Waals surface area (Å²) in [6.45, 7) is 1.25. The minimum absolute atomic E-state index is 0.0458. The minimum Gasteiger partial charge on any atom is -0.421 e. The third-order valence-electron chi connectivity index (χ3n) is 2.24. The third kappa shape index (κ3) is 2.19. The Labute approximate surface area is 100 Å². The van der Waals surface area contributed by atoms with Gasteiger partial charge in [-0.05, 0) is 12.1 Å². The number of carbonyl (C=O) groups is 1. The third-order valence-corrected chi connectivity index (χ3v) is 2.24. The fourth-order valence-electron chi connectivity index (χ4n) is 1.50. The standard InChI is InChI=1S/C11H8N2O5/c1-6(14)12-9-5-7-4-8(13(16)17)2-3-10(7)18-11(9)15/h2-5H,1H3,(H,12,14). The van der Waals surface area contributed by atoms with Crippen LogP contribution in [0.4, 0.5) is 11.4 Å². The molecule has 1 amide bonds. The first-order chi connectivity index (χ1) is 8.47. The quantitative estimate of drug-likeness (QED) is 0.494. The number of amides is 1. The molecule has 2 rings (SSSR count). The fourth-order valence-corrected chi connectivity index (χ4v) is 1.50. The number of carbonyl (C=O) groups excluding carboxylic acids is 1. The van der Waals surface area contributed by atoms with Crippen LogP contribution in [0.25, 0.3) is 11.0 Å². The highest BCUT2D eigenvalue weighted by Crippen LogP contribution is 2.21. The molecule has 0 aliphatic carbocycles. The first-order valence-electron chi connectivity index (χ1n) is 4.97. The smallest absolute Gasteiger partial charge is 0.360 e. The summed E-state index contributed by atoms with van der Waals surface area (Å²) in [4.78, 5) is 32.4. The maximum absolute atomic E-state index is 11.5. The average Bonchev–Trinajstić information content (AvgIpc) is 2.28. The van der Waals surface area contributed by atoms with E-state index in [1.54, 1.807) is 0 Å². The molecule has 0 saturated heterocycles. The molecule has 0 saturated carbocycles. The van der Waals surface area contributed by atoms with Gasteiger partial charge in [0.25, 0.3) is 5.69 Å². The predicted molar refractivity (Wildman–Crippen MR) is 63.4 cm³/mol. The summed E-state index contributed by atoms with van der Waals surface area (Å²) in [5.74, 6) is -0.424. The van der Waals surface area contributed by atoms with Gasteiger partial charge in [0.2, 0.25) is 5.91 Å². The number of hydrogen-bond donors (Lipinski definition) is 1. The zero-order chi connectivity index (χ0) is 13.3. The Morgan fingerprint density at radius 3 is 2.72 bits per heavy atom. The number of anilines is 1. The number of hydrogen-bond acceptors (Lipinski definition) is 5. The lowest BCUT2D eigenvalue weighted by atomic mass is 10.2. The van der Waals surface area contributed by atoms with Crippen molar-refractivity contribution in [2.24, 2.45) is 0 Å². The highest BCUT2D eigenvalue weighted by atomic mass is 16.6. The van der Waals surface area contributed by atoms with Crippen LogP contribution in [0.15, 0.2) is 33.5 Å². The maximum atomic E-state index is 11.5. The van der Waals surface area contributed by atoms with Crippen molar-refractivity contribution in [1.29, 1.82) is 0 Å². The Bertz CT molecular complexity index is 704. The number of nitro groups is 1. The molecular formula is C11H8N2O5. The summed E-state index contributed by atoms with van der Waals surface area (Å²) < 4.78 is 4.94. The molecule has 0 bridgehead atoms. The second kappa shape index (κ2) is 4.28. The van der Waals surface area contributed by atoms with Crippen LogP contribution in [-0.2, 0) is 4.79 Å². The number of rotatable bonds is 2. The molecule has 18 heavy (non-hydrogen) atoms. The van der Waals surface area contributed by atoms with Gasteiger partial charge >= 0.3 is 5.63 Å². The van der Waals surface area contributed by atoms with E-state index >= 15 is 0 Å². The lowest BCUT2D eigenvalue weighted by Gasteiger charge is -2.02. The first kappa shape index (κ1) is 11.8. The Balaban J connectivity index is 2.63. The lowest BCUT2D eigenvalue weighted by Crippen LogP contribution is -2.14.